The first-order chi connectivity index (χ1) is 14.6. The number of hydrogen-bond acceptors (Lipinski definition) is 9. The number of nitrogens with zero attached hydrogens (tertiary/aromatic N) is 1. The first-order valence-corrected chi connectivity index (χ1v) is 10.2. The topological polar surface area (TPSA) is 195 Å². The molecule has 0 aromatic heterocycles. The molecule has 13 nitrogen and oxygen atoms in total. The standard InChI is InChI=1S/C17H18N6O7S/c1-30-17(25)19-8-9-6-11(23(26)27)7-13-14(9)21-15(16(24)20-13)22-31(28,29)12-4-2-10(18)3-5-12/h2-7,15,21-22H,8,18H2,1H3,(H,19,25)(H,20,24). The van der Waals surface area contributed by atoms with Crippen LogP contribution < -0.4 is 26.4 Å². The second kappa shape index (κ2) is 8.45. The molecule has 14 heteroatoms. The quantitative estimate of drug-likeness (QED) is 0.239. The third-order valence-corrected chi connectivity index (χ3v) is 5.74. The van der Waals surface area contributed by atoms with Gasteiger partial charge in [-0.1, -0.05) is 0 Å². The van der Waals surface area contributed by atoms with Crippen LogP contribution in [0.3, 0.4) is 0 Å². The molecular formula is C17H18N6O7S. The second-order valence-electron chi connectivity index (χ2n) is 6.39. The van der Waals surface area contributed by atoms with Gasteiger partial charge in [0.2, 0.25) is 10.0 Å². The van der Waals surface area contributed by atoms with Crippen molar-refractivity contribution in [1.29, 1.82) is 0 Å². The number of ether oxygens (including phenoxy) is 1. The highest BCUT2D eigenvalue weighted by Crippen LogP contribution is 2.34. The number of nitrogens with one attached hydrogen (secondary N) is 4. The van der Waals surface area contributed by atoms with Crippen LogP contribution in [-0.2, 0) is 26.1 Å². The maximum absolute atomic E-state index is 12.6. The molecule has 2 aromatic rings. The zero-order chi connectivity index (χ0) is 22.8. The number of amides is 2. The van der Waals surface area contributed by atoms with E-state index in [2.05, 4.69) is 25.4 Å². The summed E-state index contributed by atoms with van der Waals surface area (Å²) in [6.45, 7) is -0.184. The molecule has 0 saturated carbocycles. The monoisotopic (exact) mass is 450 g/mol. The third kappa shape index (κ3) is 4.81. The van der Waals surface area contributed by atoms with Gasteiger partial charge < -0.3 is 26.4 Å². The van der Waals surface area contributed by atoms with E-state index in [1.807, 2.05) is 0 Å². The van der Waals surface area contributed by atoms with E-state index in [0.717, 1.165) is 13.2 Å². The van der Waals surface area contributed by atoms with Crippen molar-refractivity contribution in [3.05, 3.63) is 52.1 Å². The Balaban J connectivity index is 1.92. The zero-order valence-corrected chi connectivity index (χ0v) is 16.9. The van der Waals surface area contributed by atoms with E-state index in [9.17, 15) is 28.1 Å². The minimum absolute atomic E-state index is 0.0591. The van der Waals surface area contributed by atoms with Crippen LogP contribution in [-0.4, -0.2) is 38.6 Å². The molecule has 0 fully saturated rings. The molecular weight excluding hydrogens is 432 g/mol. The molecule has 1 unspecified atom stereocenters. The van der Waals surface area contributed by atoms with Crippen LogP contribution in [0.5, 0.6) is 0 Å². The fourth-order valence-corrected chi connectivity index (χ4v) is 3.91. The number of fused-ring (bicyclic) bond motifs is 1. The average molecular weight is 450 g/mol. The highest BCUT2D eigenvalue weighted by Gasteiger charge is 2.32. The maximum Gasteiger partial charge on any atom is 0.407 e. The number of nitro benzene ring substituents is 1. The smallest absolute Gasteiger partial charge is 0.407 e. The number of carbonyl (C=O) groups excluding carboxylic acids is 2. The number of nitro groups is 1. The molecule has 164 valence electrons. The lowest BCUT2D eigenvalue weighted by Gasteiger charge is -2.29. The van der Waals surface area contributed by atoms with Gasteiger partial charge in [-0.3, -0.25) is 14.9 Å². The van der Waals surface area contributed by atoms with E-state index >= 15 is 0 Å². The van der Waals surface area contributed by atoms with E-state index in [1.165, 1.54) is 30.3 Å². The van der Waals surface area contributed by atoms with Crippen molar-refractivity contribution in [3.8, 4) is 0 Å². The molecule has 1 atom stereocenters. The Bertz CT molecular complexity index is 1150. The number of non-ortho nitro benzene ring substituents is 1. The van der Waals surface area contributed by atoms with Gasteiger partial charge in [-0.25, -0.2) is 13.2 Å². The van der Waals surface area contributed by atoms with Gasteiger partial charge in [-0.15, -0.1) is 0 Å². The number of nitrogen functional groups attached to an aromatic ring is 1. The van der Waals surface area contributed by atoms with E-state index in [1.54, 1.807) is 0 Å². The average Bonchev–Trinajstić information content (AvgIpc) is 2.72. The summed E-state index contributed by atoms with van der Waals surface area (Å²) in [5.41, 5.74) is 6.08. The lowest BCUT2D eigenvalue weighted by molar-refractivity contribution is -0.384. The first-order valence-electron chi connectivity index (χ1n) is 8.69. The van der Waals surface area contributed by atoms with Crippen LogP contribution in [0, 0.1) is 10.1 Å². The molecule has 0 saturated heterocycles. The molecule has 1 heterocycles. The Morgan fingerprint density at radius 1 is 1.29 bits per heavy atom. The van der Waals surface area contributed by atoms with Gasteiger partial charge in [-0.05, 0) is 24.3 Å². The van der Waals surface area contributed by atoms with E-state index in [-0.39, 0.29) is 34.1 Å². The number of nitrogens with two attached hydrogens (primary N) is 1. The van der Waals surface area contributed by atoms with E-state index in [4.69, 9.17) is 5.73 Å². The molecule has 2 aromatic carbocycles. The Morgan fingerprint density at radius 2 is 1.97 bits per heavy atom. The molecule has 1 aliphatic heterocycles. The number of hydrogen-bond donors (Lipinski definition) is 5. The zero-order valence-electron chi connectivity index (χ0n) is 16.0. The third-order valence-electron chi connectivity index (χ3n) is 4.30. The van der Waals surface area contributed by atoms with Gasteiger partial charge in [-0.2, -0.15) is 4.72 Å². The van der Waals surface area contributed by atoms with Gasteiger partial charge in [0, 0.05) is 29.9 Å². The number of methoxy groups -OCH3 is 1. The Labute approximate surface area is 176 Å². The van der Waals surface area contributed by atoms with E-state index < -0.39 is 33.1 Å². The predicted molar refractivity (Wildman–Crippen MR) is 110 cm³/mol. The summed E-state index contributed by atoms with van der Waals surface area (Å²) in [6.07, 6.45) is -2.20. The lowest BCUT2D eigenvalue weighted by atomic mass is 10.1. The summed E-state index contributed by atoms with van der Waals surface area (Å²) >= 11 is 0. The first kappa shape index (κ1) is 21.8. The molecule has 2 amide bonds. The molecule has 1 aliphatic rings. The number of anilines is 3. The van der Waals surface area contributed by atoms with Crippen molar-refractivity contribution in [2.75, 3.05) is 23.5 Å². The van der Waals surface area contributed by atoms with Crippen molar-refractivity contribution < 1.29 is 27.7 Å². The predicted octanol–water partition coefficient (Wildman–Crippen LogP) is 0.702. The number of carbonyl (C=O) groups is 2. The summed E-state index contributed by atoms with van der Waals surface area (Å²) in [7, 11) is -2.95. The van der Waals surface area contributed by atoms with Crippen LogP contribution in [0.1, 0.15) is 5.56 Å². The summed E-state index contributed by atoms with van der Waals surface area (Å²) in [5.74, 6) is -0.779. The largest absolute Gasteiger partial charge is 0.453 e. The van der Waals surface area contributed by atoms with Gasteiger partial charge >= 0.3 is 6.09 Å². The van der Waals surface area contributed by atoms with Gasteiger partial charge in [0.1, 0.15) is 0 Å². The van der Waals surface area contributed by atoms with Crippen LogP contribution >= 0.6 is 0 Å². The summed E-state index contributed by atoms with van der Waals surface area (Å²) < 4.78 is 31.9. The Kier molecular flexibility index (Phi) is 5.94. The van der Waals surface area contributed by atoms with Crippen molar-refractivity contribution in [1.82, 2.24) is 10.0 Å². The highest BCUT2D eigenvalue weighted by atomic mass is 32.2. The molecule has 31 heavy (non-hydrogen) atoms. The summed E-state index contributed by atoms with van der Waals surface area (Å²) in [6, 6.07) is 7.65. The number of alkyl carbamates (subject to hydrolysis) is 1. The normalized spacial score (nSPS) is 15.3. The lowest BCUT2D eigenvalue weighted by Crippen LogP contribution is -2.51. The van der Waals surface area contributed by atoms with Crippen LogP contribution in [0.2, 0.25) is 0 Å². The van der Waals surface area contributed by atoms with Crippen molar-refractivity contribution in [2.24, 2.45) is 0 Å². The maximum atomic E-state index is 12.6. The highest BCUT2D eigenvalue weighted by molar-refractivity contribution is 7.89. The Hall–Kier alpha value is -3.91. The van der Waals surface area contributed by atoms with Crippen molar-refractivity contribution in [3.63, 3.8) is 0 Å². The summed E-state index contributed by atoms with van der Waals surface area (Å²) in [5, 5.41) is 18.7. The molecule has 6 N–H and O–H groups in total. The number of sulfonamides is 1. The molecule has 3 rings (SSSR count). The van der Waals surface area contributed by atoms with Crippen molar-refractivity contribution >= 4 is 44.8 Å². The fourth-order valence-electron chi connectivity index (χ4n) is 2.81. The SMILES string of the molecule is COC(=O)NCc1cc([N+](=O)[O-])cc2c1NC(NS(=O)(=O)c1ccc(N)cc1)C(=O)N2. The molecule has 0 aliphatic carbocycles. The van der Waals surface area contributed by atoms with Gasteiger partial charge in [0.05, 0.1) is 28.3 Å². The Morgan fingerprint density at radius 3 is 2.58 bits per heavy atom. The molecule has 0 radical (unpaired) electrons. The molecule has 0 spiro atoms. The minimum Gasteiger partial charge on any atom is -0.453 e. The van der Waals surface area contributed by atoms with Gasteiger partial charge in [0.25, 0.3) is 11.6 Å². The van der Waals surface area contributed by atoms with Crippen molar-refractivity contribution in [2.45, 2.75) is 17.6 Å². The summed E-state index contributed by atoms with van der Waals surface area (Å²) in [4.78, 5) is 34.3. The number of benzene rings is 2. The second-order valence-corrected chi connectivity index (χ2v) is 8.10. The van der Waals surface area contributed by atoms with E-state index in [0.29, 0.717) is 5.69 Å². The minimum atomic E-state index is -4.10. The fraction of sp³-hybridized carbons (Fsp3) is 0.176. The van der Waals surface area contributed by atoms with Gasteiger partial charge in [0.15, 0.2) is 6.17 Å². The van der Waals surface area contributed by atoms with Crippen LogP contribution in [0.15, 0.2) is 41.3 Å². The van der Waals surface area contributed by atoms with Crippen LogP contribution in [0.25, 0.3) is 0 Å². The molecule has 0 bridgehead atoms. The van der Waals surface area contributed by atoms with Crippen LogP contribution in [0.4, 0.5) is 27.5 Å². The number of rotatable bonds is 6.